The van der Waals surface area contributed by atoms with E-state index < -0.39 is 0 Å². The predicted octanol–water partition coefficient (Wildman–Crippen LogP) is 2.50. The van der Waals surface area contributed by atoms with Crippen molar-refractivity contribution in [2.75, 3.05) is 6.54 Å². The van der Waals surface area contributed by atoms with Gasteiger partial charge in [0.05, 0.1) is 0 Å². The van der Waals surface area contributed by atoms with Crippen LogP contribution in [-0.2, 0) is 0 Å². The lowest BCUT2D eigenvalue weighted by molar-refractivity contribution is 0.0697. The fraction of sp³-hybridized carbons (Fsp3) is 0.500. The van der Waals surface area contributed by atoms with Crippen molar-refractivity contribution in [3.05, 3.63) is 23.8 Å². The third-order valence-corrected chi connectivity index (χ3v) is 3.46. The minimum absolute atomic E-state index is 0.0826. The summed E-state index contributed by atoms with van der Waals surface area (Å²) in [6.45, 7) is 2.79. The Labute approximate surface area is 107 Å². The molecule has 1 fully saturated rings. The van der Waals surface area contributed by atoms with E-state index in [9.17, 15) is 15.0 Å². The van der Waals surface area contributed by atoms with E-state index in [0.29, 0.717) is 5.56 Å². The highest BCUT2D eigenvalue weighted by molar-refractivity contribution is 5.95. The Balaban J connectivity index is 2.23. The standard InChI is InChI=1S/C14H19NO3/c1-10-5-3-2-4-6-15(10)14(18)11-7-12(16)9-13(17)8-11/h7-10,16-17H,2-6H2,1H3. The minimum Gasteiger partial charge on any atom is -0.508 e. The number of phenols is 2. The number of rotatable bonds is 1. The monoisotopic (exact) mass is 249 g/mol. The summed E-state index contributed by atoms with van der Waals surface area (Å²) in [5.41, 5.74) is 0.348. The van der Waals surface area contributed by atoms with Crippen molar-refractivity contribution in [2.45, 2.75) is 38.6 Å². The van der Waals surface area contributed by atoms with Crippen LogP contribution in [0.5, 0.6) is 11.5 Å². The Morgan fingerprint density at radius 1 is 1.17 bits per heavy atom. The molecule has 98 valence electrons. The summed E-state index contributed by atoms with van der Waals surface area (Å²) in [6.07, 6.45) is 4.33. The van der Waals surface area contributed by atoms with Crippen molar-refractivity contribution < 1.29 is 15.0 Å². The van der Waals surface area contributed by atoms with Gasteiger partial charge in [-0.05, 0) is 31.9 Å². The summed E-state index contributed by atoms with van der Waals surface area (Å²) < 4.78 is 0. The topological polar surface area (TPSA) is 60.8 Å². The first kappa shape index (κ1) is 12.7. The molecule has 2 N–H and O–H groups in total. The van der Waals surface area contributed by atoms with Crippen molar-refractivity contribution in [1.29, 1.82) is 0 Å². The molecular weight excluding hydrogens is 230 g/mol. The van der Waals surface area contributed by atoms with Gasteiger partial charge < -0.3 is 15.1 Å². The molecule has 0 aromatic heterocycles. The number of amides is 1. The number of hydrogen-bond acceptors (Lipinski definition) is 3. The van der Waals surface area contributed by atoms with Crippen LogP contribution in [-0.4, -0.2) is 33.6 Å². The SMILES string of the molecule is CC1CCCCCN1C(=O)c1cc(O)cc(O)c1. The van der Waals surface area contributed by atoms with Gasteiger partial charge in [0, 0.05) is 24.2 Å². The van der Waals surface area contributed by atoms with E-state index in [1.807, 2.05) is 11.8 Å². The summed E-state index contributed by atoms with van der Waals surface area (Å²) in [5.74, 6) is -0.280. The summed E-state index contributed by atoms with van der Waals surface area (Å²) >= 11 is 0. The first-order chi connectivity index (χ1) is 8.58. The lowest BCUT2D eigenvalue weighted by Crippen LogP contribution is -2.38. The van der Waals surface area contributed by atoms with Gasteiger partial charge in [0.25, 0.3) is 5.91 Å². The van der Waals surface area contributed by atoms with Gasteiger partial charge in [-0.1, -0.05) is 12.8 Å². The zero-order chi connectivity index (χ0) is 13.1. The fourth-order valence-corrected chi connectivity index (χ4v) is 2.46. The van der Waals surface area contributed by atoms with Crippen molar-refractivity contribution in [1.82, 2.24) is 4.90 Å². The molecule has 1 atom stereocenters. The lowest BCUT2D eigenvalue weighted by Gasteiger charge is -2.27. The summed E-state index contributed by atoms with van der Waals surface area (Å²) in [4.78, 5) is 14.2. The number of aromatic hydroxyl groups is 2. The molecule has 1 aromatic carbocycles. The Morgan fingerprint density at radius 2 is 1.83 bits per heavy atom. The molecule has 0 saturated carbocycles. The first-order valence-electron chi connectivity index (χ1n) is 6.42. The number of hydrogen-bond donors (Lipinski definition) is 2. The van der Waals surface area contributed by atoms with Crippen molar-refractivity contribution >= 4 is 5.91 Å². The molecular formula is C14H19NO3. The summed E-state index contributed by atoms with van der Waals surface area (Å²) in [7, 11) is 0. The van der Waals surface area contributed by atoms with Crippen LogP contribution in [0.15, 0.2) is 18.2 Å². The van der Waals surface area contributed by atoms with Gasteiger partial charge in [0.1, 0.15) is 11.5 Å². The van der Waals surface area contributed by atoms with Crippen LogP contribution in [0, 0.1) is 0 Å². The van der Waals surface area contributed by atoms with Crippen molar-refractivity contribution in [2.24, 2.45) is 0 Å². The van der Waals surface area contributed by atoms with Crippen LogP contribution >= 0.6 is 0 Å². The molecule has 0 spiro atoms. The normalized spacial score (nSPS) is 20.5. The lowest BCUT2D eigenvalue weighted by atomic mass is 10.1. The van der Waals surface area contributed by atoms with Gasteiger partial charge in [0.15, 0.2) is 0 Å². The fourth-order valence-electron chi connectivity index (χ4n) is 2.46. The van der Waals surface area contributed by atoms with E-state index in [0.717, 1.165) is 32.2 Å². The molecule has 1 aliphatic heterocycles. The van der Waals surface area contributed by atoms with E-state index in [2.05, 4.69) is 0 Å². The maximum absolute atomic E-state index is 12.4. The third kappa shape index (κ3) is 2.75. The predicted molar refractivity (Wildman–Crippen MR) is 68.7 cm³/mol. The molecule has 1 saturated heterocycles. The van der Waals surface area contributed by atoms with Crippen LogP contribution in [0.25, 0.3) is 0 Å². The zero-order valence-electron chi connectivity index (χ0n) is 10.6. The second kappa shape index (κ2) is 5.29. The van der Waals surface area contributed by atoms with Gasteiger partial charge in [-0.15, -0.1) is 0 Å². The molecule has 1 amide bonds. The van der Waals surface area contributed by atoms with Crippen LogP contribution in [0.3, 0.4) is 0 Å². The van der Waals surface area contributed by atoms with E-state index in [1.54, 1.807) is 0 Å². The highest BCUT2D eigenvalue weighted by Crippen LogP contribution is 2.24. The van der Waals surface area contributed by atoms with E-state index in [4.69, 9.17) is 0 Å². The van der Waals surface area contributed by atoms with Crippen molar-refractivity contribution in [3.63, 3.8) is 0 Å². The highest BCUT2D eigenvalue weighted by atomic mass is 16.3. The molecule has 1 unspecified atom stereocenters. The van der Waals surface area contributed by atoms with Crippen LogP contribution < -0.4 is 0 Å². The Kier molecular flexibility index (Phi) is 3.75. The molecule has 4 heteroatoms. The summed E-state index contributed by atoms with van der Waals surface area (Å²) in [6, 6.07) is 4.24. The Morgan fingerprint density at radius 3 is 2.50 bits per heavy atom. The van der Waals surface area contributed by atoms with E-state index >= 15 is 0 Å². The van der Waals surface area contributed by atoms with Crippen LogP contribution in [0.2, 0.25) is 0 Å². The van der Waals surface area contributed by atoms with Crippen molar-refractivity contribution in [3.8, 4) is 11.5 Å². The smallest absolute Gasteiger partial charge is 0.254 e. The number of nitrogens with zero attached hydrogens (tertiary/aromatic N) is 1. The molecule has 4 nitrogen and oxygen atoms in total. The molecule has 2 rings (SSSR count). The minimum atomic E-state index is -0.115. The maximum atomic E-state index is 12.4. The molecule has 1 aromatic rings. The average Bonchev–Trinajstić information content (AvgIpc) is 2.51. The number of phenolic OH excluding ortho intramolecular Hbond substituents is 2. The maximum Gasteiger partial charge on any atom is 0.254 e. The second-order valence-electron chi connectivity index (χ2n) is 4.93. The molecule has 0 radical (unpaired) electrons. The van der Waals surface area contributed by atoms with Gasteiger partial charge in [-0.25, -0.2) is 0 Å². The Bertz CT molecular complexity index is 424. The molecule has 1 heterocycles. The van der Waals surface area contributed by atoms with E-state index in [-0.39, 0.29) is 23.4 Å². The van der Waals surface area contributed by atoms with Crippen LogP contribution in [0.4, 0.5) is 0 Å². The molecule has 18 heavy (non-hydrogen) atoms. The number of likely N-dealkylation sites (tertiary alicyclic amines) is 1. The van der Waals surface area contributed by atoms with E-state index in [1.165, 1.54) is 18.2 Å². The first-order valence-corrected chi connectivity index (χ1v) is 6.42. The zero-order valence-corrected chi connectivity index (χ0v) is 10.6. The molecule has 0 aliphatic carbocycles. The number of carbonyl (C=O) groups excluding carboxylic acids is 1. The van der Waals surface area contributed by atoms with Gasteiger partial charge in [-0.2, -0.15) is 0 Å². The van der Waals surface area contributed by atoms with Gasteiger partial charge >= 0.3 is 0 Å². The third-order valence-electron chi connectivity index (χ3n) is 3.46. The average molecular weight is 249 g/mol. The number of carbonyl (C=O) groups is 1. The molecule has 1 aliphatic rings. The van der Waals surface area contributed by atoms with Crippen LogP contribution in [0.1, 0.15) is 43.0 Å². The van der Waals surface area contributed by atoms with Gasteiger partial charge in [0.2, 0.25) is 0 Å². The largest absolute Gasteiger partial charge is 0.508 e. The second-order valence-corrected chi connectivity index (χ2v) is 4.93. The number of benzene rings is 1. The highest BCUT2D eigenvalue weighted by Gasteiger charge is 2.23. The molecule has 0 bridgehead atoms. The quantitative estimate of drug-likeness (QED) is 0.804. The summed E-state index contributed by atoms with van der Waals surface area (Å²) in [5, 5.41) is 18.9. The Hall–Kier alpha value is -1.71. The van der Waals surface area contributed by atoms with Gasteiger partial charge in [-0.3, -0.25) is 4.79 Å².